The van der Waals surface area contributed by atoms with Gasteiger partial charge in [-0.3, -0.25) is 4.98 Å². The Morgan fingerprint density at radius 3 is 3.00 bits per heavy atom. The topological polar surface area (TPSA) is 50.9 Å². The lowest BCUT2D eigenvalue weighted by Crippen LogP contribution is -2.18. The van der Waals surface area contributed by atoms with Gasteiger partial charge in [0.2, 0.25) is 0 Å². The molecule has 1 rings (SSSR count). The van der Waals surface area contributed by atoms with Crippen LogP contribution in [0, 0.1) is 0 Å². The van der Waals surface area contributed by atoms with E-state index >= 15 is 0 Å². The Bertz CT molecular complexity index is 278. The van der Waals surface area contributed by atoms with Crippen molar-refractivity contribution >= 4 is 23.1 Å². The summed E-state index contributed by atoms with van der Waals surface area (Å²) >= 11 is 1.93. The van der Waals surface area contributed by atoms with Gasteiger partial charge in [0.1, 0.15) is 0 Å². The molecule has 3 N–H and O–H groups in total. The lowest BCUT2D eigenvalue weighted by atomic mass is 10.3. The Hall–Kier alpha value is -0.900. The molecule has 4 heteroatoms. The predicted octanol–water partition coefficient (Wildman–Crippen LogP) is 2.22. The van der Waals surface area contributed by atoms with Gasteiger partial charge in [-0.05, 0) is 18.7 Å². The van der Waals surface area contributed by atoms with Gasteiger partial charge in [-0.2, -0.15) is 11.8 Å². The van der Waals surface area contributed by atoms with Gasteiger partial charge in [0.05, 0.1) is 17.6 Å². The first kappa shape index (κ1) is 11.2. The maximum absolute atomic E-state index is 5.63. The predicted molar refractivity (Wildman–Crippen MR) is 64.7 cm³/mol. The van der Waals surface area contributed by atoms with E-state index in [1.807, 2.05) is 17.8 Å². The molecule has 3 nitrogen and oxygen atoms in total. The molecule has 0 bridgehead atoms. The molecule has 0 amide bonds. The molecule has 0 aromatic carbocycles. The number of rotatable bonds is 5. The fraction of sp³-hybridized carbons (Fsp3) is 0.500. The number of pyridine rings is 1. The molecule has 1 unspecified atom stereocenters. The zero-order chi connectivity index (χ0) is 10.4. The molecule has 0 spiro atoms. The lowest BCUT2D eigenvalue weighted by molar-refractivity contribution is 0.911. The van der Waals surface area contributed by atoms with E-state index in [4.69, 9.17) is 5.73 Å². The van der Waals surface area contributed by atoms with Crippen molar-refractivity contribution in [1.29, 1.82) is 0 Å². The molecule has 78 valence electrons. The van der Waals surface area contributed by atoms with E-state index in [-0.39, 0.29) is 0 Å². The molecule has 1 aromatic heterocycles. The lowest BCUT2D eigenvalue weighted by Gasteiger charge is -2.14. The van der Waals surface area contributed by atoms with Crippen LogP contribution in [0.15, 0.2) is 18.5 Å². The van der Waals surface area contributed by atoms with Gasteiger partial charge in [0.15, 0.2) is 0 Å². The van der Waals surface area contributed by atoms with E-state index in [9.17, 15) is 0 Å². The summed E-state index contributed by atoms with van der Waals surface area (Å²) in [6.07, 6.45) is 3.44. The van der Waals surface area contributed by atoms with E-state index in [0.717, 1.165) is 17.2 Å². The van der Waals surface area contributed by atoms with Gasteiger partial charge in [-0.25, -0.2) is 0 Å². The molecule has 1 atom stereocenters. The van der Waals surface area contributed by atoms with Crippen LogP contribution in [0.4, 0.5) is 11.4 Å². The van der Waals surface area contributed by atoms with E-state index in [1.165, 1.54) is 0 Å². The largest absolute Gasteiger partial charge is 0.397 e. The number of anilines is 2. The average Bonchev–Trinajstić information content (AvgIpc) is 2.15. The minimum Gasteiger partial charge on any atom is -0.397 e. The molecule has 0 aliphatic rings. The van der Waals surface area contributed by atoms with Gasteiger partial charge in [0.25, 0.3) is 0 Å². The van der Waals surface area contributed by atoms with Crippen LogP contribution in [0.3, 0.4) is 0 Å². The standard InChI is InChI=1S/C10H17N3S/c1-3-14-7-8(2)13-10-4-9(11)5-12-6-10/h4-6,8,13H,3,7,11H2,1-2H3. The van der Waals surface area contributed by atoms with Crippen molar-refractivity contribution in [3.05, 3.63) is 18.5 Å². The summed E-state index contributed by atoms with van der Waals surface area (Å²) in [6.45, 7) is 4.32. The smallest absolute Gasteiger partial charge is 0.0549 e. The Morgan fingerprint density at radius 2 is 2.36 bits per heavy atom. The Balaban J connectivity index is 2.43. The normalized spacial score (nSPS) is 12.4. The van der Waals surface area contributed by atoms with Crippen LogP contribution >= 0.6 is 11.8 Å². The van der Waals surface area contributed by atoms with E-state index in [2.05, 4.69) is 24.1 Å². The highest BCUT2D eigenvalue weighted by molar-refractivity contribution is 7.99. The molecule has 0 fully saturated rings. The van der Waals surface area contributed by atoms with Gasteiger partial charge in [-0.1, -0.05) is 6.92 Å². The molecule has 0 saturated heterocycles. The van der Waals surface area contributed by atoms with Crippen LogP contribution in [0.25, 0.3) is 0 Å². The number of aromatic nitrogens is 1. The van der Waals surface area contributed by atoms with Gasteiger partial charge < -0.3 is 11.1 Å². The van der Waals surface area contributed by atoms with Crippen LogP contribution in [0.2, 0.25) is 0 Å². The zero-order valence-electron chi connectivity index (χ0n) is 8.66. The molecule has 0 radical (unpaired) electrons. The van der Waals surface area contributed by atoms with Crippen molar-refractivity contribution < 1.29 is 0 Å². The van der Waals surface area contributed by atoms with Gasteiger partial charge >= 0.3 is 0 Å². The Kier molecular flexibility index (Phi) is 4.59. The number of thioether (sulfide) groups is 1. The first-order chi connectivity index (χ1) is 6.72. The zero-order valence-corrected chi connectivity index (χ0v) is 9.47. The Morgan fingerprint density at radius 1 is 1.57 bits per heavy atom. The highest BCUT2D eigenvalue weighted by Crippen LogP contribution is 2.12. The summed E-state index contributed by atoms with van der Waals surface area (Å²) in [5, 5.41) is 3.35. The summed E-state index contributed by atoms with van der Waals surface area (Å²) in [5.41, 5.74) is 7.32. The monoisotopic (exact) mass is 211 g/mol. The summed E-state index contributed by atoms with van der Waals surface area (Å²) in [7, 11) is 0. The second-order valence-electron chi connectivity index (χ2n) is 3.21. The van der Waals surface area contributed by atoms with Crippen molar-refractivity contribution in [1.82, 2.24) is 4.98 Å². The van der Waals surface area contributed by atoms with E-state index in [0.29, 0.717) is 11.7 Å². The molecule has 1 heterocycles. The minimum absolute atomic E-state index is 0.448. The highest BCUT2D eigenvalue weighted by atomic mass is 32.2. The summed E-state index contributed by atoms with van der Waals surface area (Å²) in [6, 6.07) is 2.35. The highest BCUT2D eigenvalue weighted by Gasteiger charge is 2.01. The molecule has 14 heavy (non-hydrogen) atoms. The third-order valence-corrected chi connectivity index (χ3v) is 2.89. The molecule has 0 saturated carbocycles. The Labute approximate surface area is 89.5 Å². The fourth-order valence-corrected chi connectivity index (χ4v) is 1.83. The van der Waals surface area contributed by atoms with E-state index in [1.54, 1.807) is 12.4 Å². The number of hydrogen-bond acceptors (Lipinski definition) is 4. The number of nitrogen functional groups attached to an aromatic ring is 1. The third kappa shape index (κ3) is 3.87. The van der Waals surface area contributed by atoms with Crippen molar-refractivity contribution in [2.24, 2.45) is 0 Å². The van der Waals surface area contributed by atoms with Crippen LogP contribution in [-0.2, 0) is 0 Å². The van der Waals surface area contributed by atoms with Gasteiger partial charge in [-0.15, -0.1) is 0 Å². The maximum atomic E-state index is 5.63. The summed E-state index contributed by atoms with van der Waals surface area (Å²) in [4.78, 5) is 4.02. The number of hydrogen-bond donors (Lipinski definition) is 2. The number of nitrogens with one attached hydrogen (secondary N) is 1. The molecule has 0 aliphatic carbocycles. The molecule has 0 aliphatic heterocycles. The first-order valence-electron chi connectivity index (χ1n) is 4.77. The first-order valence-corrected chi connectivity index (χ1v) is 5.92. The maximum Gasteiger partial charge on any atom is 0.0549 e. The average molecular weight is 211 g/mol. The van der Waals surface area contributed by atoms with Crippen LogP contribution in [-0.4, -0.2) is 22.5 Å². The minimum atomic E-state index is 0.448. The molecular formula is C10H17N3S. The summed E-state index contributed by atoms with van der Waals surface area (Å²) in [5.74, 6) is 2.26. The molecular weight excluding hydrogens is 194 g/mol. The third-order valence-electron chi connectivity index (χ3n) is 1.74. The number of nitrogens with zero attached hydrogens (tertiary/aromatic N) is 1. The summed E-state index contributed by atoms with van der Waals surface area (Å²) < 4.78 is 0. The van der Waals surface area contributed by atoms with E-state index < -0.39 is 0 Å². The van der Waals surface area contributed by atoms with Crippen LogP contribution in [0.1, 0.15) is 13.8 Å². The van der Waals surface area contributed by atoms with Gasteiger partial charge in [0, 0.05) is 18.0 Å². The SMILES string of the molecule is CCSCC(C)Nc1cncc(N)c1. The second-order valence-corrected chi connectivity index (χ2v) is 4.53. The van der Waals surface area contributed by atoms with Crippen molar-refractivity contribution in [2.45, 2.75) is 19.9 Å². The second kappa shape index (κ2) is 5.75. The van der Waals surface area contributed by atoms with Crippen molar-refractivity contribution in [3.63, 3.8) is 0 Å². The van der Waals surface area contributed by atoms with Crippen LogP contribution < -0.4 is 11.1 Å². The van der Waals surface area contributed by atoms with Crippen LogP contribution in [0.5, 0.6) is 0 Å². The number of nitrogens with two attached hydrogens (primary N) is 1. The molecule has 1 aromatic rings. The quantitative estimate of drug-likeness (QED) is 0.784. The van der Waals surface area contributed by atoms with Crippen molar-refractivity contribution in [3.8, 4) is 0 Å². The fourth-order valence-electron chi connectivity index (χ4n) is 1.16. The van der Waals surface area contributed by atoms with Crippen molar-refractivity contribution in [2.75, 3.05) is 22.6 Å².